The van der Waals surface area contributed by atoms with Gasteiger partial charge in [0.15, 0.2) is 6.10 Å². The second-order valence-corrected chi connectivity index (χ2v) is 21.6. The standard InChI is InChI=1S/C70H122O6/c1-4-7-10-13-16-19-22-25-28-30-31-32-33-34-35-36-37-38-39-41-42-45-48-51-54-57-60-63-69(72)75-66-67(65-74-68(71)62-59-56-53-50-47-44-27-24-21-18-15-12-9-6-3)76-70(73)64-61-58-55-52-49-46-43-40-29-26-23-20-17-14-11-8-5-2/h8,11,17,20,22,25-26,29-31,33-34,43,46,67H,4-7,9-10,12-16,18-19,21,23-24,27-28,32,35-42,44-45,47-66H2,1-3H3/b11-8-,20-17-,25-22-,29-26-,31-30-,34-33-,46-43-. The first-order valence-electron chi connectivity index (χ1n) is 32.6. The van der Waals surface area contributed by atoms with Crippen LogP contribution in [0.4, 0.5) is 0 Å². The van der Waals surface area contributed by atoms with Gasteiger partial charge in [0.2, 0.25) is 0 Å². The van der Waals surface area contributed by atoms with Gasteiger partial charge in [-0.25, -0.2) is 0 Å². The van der Waals surface area contributed by atoms with Crippen molar-refractivity contribution in [3.8, 4) is 0 Å². The van der Waals surface area contributed by atoms with Gasteiger partial charge in [0, 0.05) is 19.3 Å². The minimum absolute atomic E-state index is 0.0841. The zero-order valence-electron chi connectivity index (χ0n) is 50.3. The van der Waals surface area contributed by atoms with Crippen LogP contribution in [0.25, 0.3) is 0 Å². The maximum atomic E-state index is 12.9. The van der Waals surface area contributed by atoms with Crippen LogP contribution >= 0.6 is 0 Å². The van der Waals surface area contributed by atoms with Gasteiger partial charge in [-0.3, -0.25) is 14.4 Å². The normalized spacial score (nSPS) is 12.6. The third kappa shape index (κ3) is 61.4. The predicted octanol–water partition coefficient (Wildman–Crippen LogP) is 22.3. The third-order valence-electron chi connectivity index (χ3n) is 14.1. The van der Waals surface area contributed by atoms with Crippen LogP contribution in [0.3, 0.4) is 0 Å². The van der Waals surface area contributed by atoms with E-state index in [-0.39, 0.29) is 31.1 Å². The summed E-state index contributed by atoms with van der Waals surface area (Å²) in [6.45, 7) is 6.53. The Labute approximate surface area is 471 Å². The summed E-state index contributed by atoms with van der Waals surface area (Å²) >= 11 is 0. The number of carbonyl (C=O) groups excluding carboxylic acids is 3. The number of carbonyl (C=O) groups is 3. The van der Waals surface area contributed by atoms with E-state index < -0.39 is 6.10 Å². The van der Waals surface area contributed by atoms with E-state index in [2.05, 4.69) is 106 Å². The van der Waals surface area contributed by atoms with Crippen LogP contribution < -0.4 is 0 Å². The summed E-state index contributed by atoms with van der Waals surface area (Å²) in [6.07, 6.45) is 84.5. The zero-order valence-corrected chi connectivity index (χ0v) is 50.3. The lowest BCUT2D eigenvalue weighted by atomic mass is 10.0. The molecular weight excluding hydrogens is 937 g/mol. The molecule has 0 aromatic carbocycles. The largest absolute Gasteiger partial charge is 0.462 e. The van der Waals surface area contributed by atoms with Gasteiger partial charge in [0.1, 0.15) is 13.2 Å². The monoisotopic (exact) mass is 1060 g/mol. The Balaban J connectivity index is 4.31. The zero-order chi connectivity index (χ0) is 55.0. The van der Waals surface area contributed by atoms with E-state index in [4.69, 9.17) is 14.2 Å². The molecule has 0 spiro atoms. The Morgan fingerprint density at radius 2 is 0.513 bits per heavy atom. The maximum Gasteiger partial charge on any atom is 0.306 e. The van der Waals surface area contributed by atoms with Crippen LogP contribution in [-0.4, -0.2) is 37.2 Å². The number of ether oxygens (including phenoxy) is 3. The molecule has 0 bridgehead atoms. The van der Waals surface area contributed by atoms with Gasteiger partial charge >= 0.3 is 17.9 Å². The number of hydrogen-bond acceptors (Lipinski definition) is 6. The smallest absolute Gasteiger partial charge is 0.306 e. The first kappa shape index (κ1) is 72.6. The van der Waals surface area contributed by atoms with Crippen LogP contribution in [0.15, 0.2) is 85.1 Å². The molecule has 1 atom stereocenters. The summed E-state index contributed by atoms with van der Waals surface area (Å²) in [7, 11) is 0. The SMILES string of the molecule is CC/C=C\C/C=C\C/C=C\C/C=C\CCCCCCC(=O)OC(COC(=O)CCCCCCCCCCCCCC/C=C\C/C=C\C/C=C\CCCCCCC)COC(=O)CCCCCCCCCCCCCCCC. The van der Waals surface area contributed by atoms with Crippen LogP contribution in [0.2, 0.25) is 0 Å². The van der Waals surface area contributed by atoms with E-state index in [0.717, 1.165) is 109 Å². The lowest BCUT2D eigenvalue weighted by molar-refractivity contribution is -0.167. The molecule has 0 aromatic heterocycles. The molecule has 0 aromatic rings. The van der Waals surface area contributed by atoms with Crippen molar-refractivity contribution in [1.29, 1.82) is 0 Å². The van der Waals surface area contributed by atoms with Crippen molar-refractivity contribution in [3.05, 3.63) is 85.1 Å². The predicted molar refractivity (Wildman–Crippen MR) is 330 cm³/mol. The molecule has 0 amide bonds. The van der Waals surface area contributed by atoms with Crippen molar-refractivity contribution >= 4 is 17.9 Å². The van der Waals surface area contributed by atoms with Crippen LogP contribution in [0.5, 0.6) is 0 Å². The van der Waals surface area contributed by atoms with Crippen molar-refractivity contribution < 1.29 is 28.6 Å². The van der Waals surface area contributed by atoms with Gasteiger partial charge in [-0.15, -0.1) is 0 Å². The highest BCUT2D eigenvalue weighted by Gasteiger charge is 2.19. The molecule has 76 heavy (non-hydrogen) atoms. The maximum absolute atomic E-state index is 12.9. The number of rotatable bonds is 59. The molecule has 0 aliphatic heterocycles. The Bertz CT molecular complexity index is 1450. The number of allylic oxidation sites excluding steroid dienone is 14. The molecular formula is C70H122O6. The lowest BCUT2D eigenvalue weighted by Crippen LogP contribution is -2.30. The van der Waals surface area contributed by atoms with Gasteiger partial charge in [-0.05, 0) is 96.3 Å². The van der Waals surface area contributed by atoms with Crippen molar-refractivity contribution in [2.24, 2.45) is 0 Å². The molecule has 6 nitrogen and oxygen atoms in total. The number of unbranched alkanes of at least 4 members (excludes halogenated alkanes) is 34. The minimum atomic E-state index is -0.790. The van der Waals surface area contributed by atoms with E-state index in [1.807, 2.05) is 0 Å². The fraction of sp³-hybridized carbons (Fsp3) is 0.757. The summed E-state index contributed by atoms with van der Waals surface area (Å²) < 4.78 is 16.9. The van der Waals surface area contributed by atoms with E-state index in [0.29, 0.717) is 19.3 Å². The highest BCUT2D eigenvalue weighted by atomic mass is 16.6. The molecule has 0 aliphatic carbocycles. The molecule has 0 radical (unpaired) electrons. The van der Waals surface area contributed by atoms with Crippen LogP contribution in [-0.2, 0) is 28.6 Å². The summed E-state index contributed by atoms with van der Waals surface area (Å²) in [6, 6.07) is 0. The fourth-order valence-electron chi connectivity index (χ4n) is 9.27. The molecule has 6 heteroatoms. The van der Waals surface area contributed by atoms with Crippen molar-refractivity contribution in [1.82, 2.24) is 0 Å². The van der Waals surface area contributed by atoms with Crippen molar-refractivity contribution in [2.45, 2.75) is 329 Å². The van der Waals surface area contributed by atoms with Gasteiger partial charge in [0.05, 0.1) is 0 Å². The van der Waals surface area contributed by atoms with Gasteiger partial charge < -0.3 is 14.2 Å². The molecule has 1 unspecified atom stereocenters. The van der Waals surface area contributed by atoms with E-state index in [9.17, 15) is 14.4 Å². The van der Waals surface area contributed by atoms with Crippen molar-refractivity contribution in [2.75, 3.05) is 13.2 Å². The molecule has 0 heterocycles. The Kier molecular flexibility index (Phi) is 61.2. The fourth-order valence-corrected chi connectivity index (χ4v) is 9.27. The number of hydrogen-bond donors (Lipinski definition) is 0. The lowest BCUT2D eigenvalue weighted by Gasteiger charge is -2.18. The van der Waals surface area contributed by atoms with Gasteiger partial charge in [0.25, 0.3) is 0 Å². The number of esters is 3. The Morgan fingerprint density at radius 1 is 0.276 bits per heavy atom. The summed E-state index contributed by atoms with van der Waals surface area (Å²) in [5.74, 6) is -0.896. The van der Waals surface area contributed by atoms with E-state index >= 15 is 0 Å². The van der Waals surface area contributed by atoms with E-state index in [1.54, 1.807) is 0 Å². The molecule has 0 aliphatic rings. The van der Waals surface area contributed by atoms with Crippen LogP contribution in [0, 0.1) is 0 Å². The van der Waals surface area contributed by atoms with Gasteiger partial charge in [-0.1, -0.05) is 292 Å². The summed E-state index contributed by atoms with van der Waals surface area (Å²) in [4.78, 5) is 38.3. The average molecular weight is 1060 g/mol. The molecule has 0 rings (SSSR count). The summed E-state index contributed by atoms with van der Waals surface area (Å²) in [5.41, 5.74) is 0. The topological polar surface area (TPSA) is 78.9 Å². The average Bonchev–Trinajstić information content (AvgIpc) is 3.42. The van der Waals surface area contributed by atoms with E-state index in [1.165, 1.54) is 173 Å². The molecule has 0 saturated heterocycles. The Morgan fingerprint density at radius 3 is 0.803 bits per heavy atom. The molecule has 438 valence electrons. The molecule has 0 N–H and O–H groups in total. The first-order valence-corrected chi connectivity index (χ1v) is 32.6. The second-order valence-electron chi connectivity index (χ2n) is 21.6. The third-order valence-corrected chi connectivity index (χ3v) is 14.1. The Hall–Kier alpha value is -3.41. The minimum Gasteiger partial charge on any atom is -0.462 e. The molecule has 0 saturated carbocycles. The molecule has 0 fully saturated rings. The quantitative estimate of drug-likeness (QED) is 0.0261. The second kappa shape index (κ2) is 64.1. The summed E-state index contributed by atoms with van der Waals surface area (Å²) in [5, 5.41) is 0. The van der Waals surface area contributed by atoms with Crippen LogP contribution in [0.1, 0.15) is 323 Å². The van der Waals surface area contributed by atoms with Crippen molar-refractivity contribution in [3.63, 3.8) is 0 Å². The highest BCUT2D eigenvalue weighted by Crippen LogP contribution is 2.17. The highest BCUT2D eigenvalue weighted by molar-refractivity contribution is 5.71. The first-order chi connectivity index (χ1) is 37.5. The van der Waals surface area contributed by atoms with Gasteiger partial charge in [-0.2, -0.15) is 0 Å².